The van der Waals surface area contributed by atoms with Gasteiger partial charge in [0, 0.05) is 12.2 Å². The van der Waals surface area contributed by atoms with Gasteiger partial charge in [0.25, 0.3) is 0 Å². The lowest BCUT2D eigenvalue weighted by Gasteiger charge is -2.24. The van der Waals surface area contributed by atoms with Crippen molar-refractivity contribution in [1.29, 1.82) is 0 Å². The van der Waals surface area contributed by atoms with Gasteiger partial charge in [-0.1, -0.05) is 12.1 Å². The van der Waals surface area contributed by atoms with Crippen LogP contribution in [0.3, 0.4) is 0 Å². The Balaban J connectivity index is 1.59. The van der Waals surface area contributed by atoms with Crippen LogP contribution >= 0.6 is 11.6 Å². The predicted molar refractivity (Wildman–Crippen MR) is 106 cm³/mol. The number of nitrogens with one attached hydrogen (secondary N) is 3. The summed E-state index contributed by atoms with van der Waals surface area (Å²) in [6, 6.07) is 8.64. The summed E-state index contributed by atoms with van der Waals surface area (Å²) < 4.78 is 0. The second-order valence-electron chi connectivity index (χ2n) is 6.46. The number of anilines is 1. The summed E-state index contributed by atoms with van der Waals surface area (Å²) in [4.78, 5) is 8.93. The molecule has 1 saturated heterocycles. The molecule has 0 radical (unpaired) electrons. The molecule has 0 aromatic heterocycles. The van der Waals surface area contributed by atoms with Crippen LogP contribution in [0.2, 0.25) is 0 Å². The quantitative estimate of drug-likeness (QED) is 0.476. The minimum atomic E-state index is -0.203. The van der Waals surface area contributed by atoms with Crippen molar-refractivity contribution in [2.24, 2.45) is 15.7 Å². The average molecular weight is 363 g/mol. The molecule has 2 aliphatic rings. The number of benzene rings is 1. The molecule has 0 spiro atoms. The standard InChI is InChI=1S/C18H27ClN6/c19-16-12-23-18(25-17(16)22-9-1-8-20)24-15-4-2-13(3-5-15)14-6-10-21-11-7-14/h2-5,14,16,21H,1,6-12,20H2,(H2,22,23,24,25). The van der Waals surface area contributed by atoms with Crippen molar-refractivity contribution in [2.45, 2.75) is 30.6 Å². The number of amidine groups is 1. The number of guanidine groups is 1. The third kappa shape index (κ3) is 5.17. The third-order valence-corrected chi connectivity index (χ3v) is 4.93. The number of nitrogens with zero attached hydrogens (tertiary/aromatic N) is 2. The number of hydrogen-bond donors (Lipinski definition) is 4. The van der Waals surface area contributed by atoms with Crippen LogP contribution in [0.4, 0.5) is 5.69 Å². The van der Waals surface area contributed by atoms with E-state index in [1.165, 1.54) is 18.4 Å². The number of nitrogens with two attached hydrogens (primary N) is 1. The molecule has 0 saturated carbocycles. The van der Waals surface area contributed by atoms with Crippen LogP contribution in [0.5, 0.6) is 0 Å². The number of halogens is 1. The summed E-state index contributed by atoms with van der Waals surface area (Å²) in [6.07, 6.45) is 3.27. The maximum Gasteiger partial charge on any atom is 0.201 e. The molecular formula is C18H27ClN6. The first-order valence-electron chi connectivity index (χ1n) is 9.04. The van der Waals surface area contributed by atoms with Crippen molar-refractivity contribution >= 4 is 29.1 Å². The van der Waals surface area contributed by atoms with E-state index in [4.69, 9.17) is 17.3 Å². The summed E-state index contributed by atoms with van der Waals surface area (Å²) in [5, 5.41) is 9.72. The normalized spacial score (nSPS) is 23.2. The van der Waals surface area contributed by atoms with E-state index in [-0.39, 0.29) is 5.38 Å². The summed E-state index contributed by atoms with van der Waals surface area (Å²) >= 11 is 6.27. The molecule has 6 nitrogen and oxygen atoms in total. The number of hydrogen-bond acceptors (Lipinski definition) is 5. The topological polar surface area (TPSA) is 86.8 Å². The Bertz CT molecular complexity index is 606. The van der Waals surface area contributed by atoms with Gasteiger partial charge >= 0.3 is 0 Å². The van der Waals surface area contributed by atoms with Gasteiger partial charge in [-0.25, -0.2) is 0 Å². The summed E-state index contributed by atoms with van der Waals surface area (Å²) in [6.45, 7) is 4.05. The molecular weight excluding hydrogens is 336 g/mol. The SMILES string of the molecule is NCCCN=C1NC(Nc2ccc(C3CCNCC3)cc2)=NCC1Cl. The number of rotatable bonds is 5. The van der Waals surface area contributed by atoms with Crippen LogP contribution in [-0.4, -0.2) is 49.9 Å². The van der Waals surface area contributed by atoms with E-state index in [1.54, 1.807) is 0 Å². The van der Waals surface area contributed by atoms with Gasteiger partial charge in [0.2, 0.25) is 5.96 Å². The molecule has 136 valence electrons. The Morgan fingerprint density at radius 1 is 1.24 bits per heavy atom. The largest absolute Gasteiger partial charge is 0.330 e. The van der Waals surface area contributed by atoms with Gasteiger partial charge in [0.1, 0.15) is 11.2 Å². The van der Waals surface area contributed by atoms with E-state index in [0.717, 1.165) is 31.0 Å². The minimum absolute atomic E-state index is 0.203. The zero-order chi connectivity index (χ0) is 17.5. The van der Waals surface area contributed by atoms with Crippen molar-refractivity contribution in [3.05, 3.63) is 29.8 Å². The first-order valence-corrected chi connectivity index (χ1v) is 9.47. The molecule has 0 aliphatic carbocycles. The molecule has 1 unspecified atom stereocenters. The lowest BCUT2D eigenvalue weighted by Crippen LogP contribution is -2.46. The highest BCUT2D eigenvalue weighted by Crippen LogP contribution is 2.26. The molecule has 2 aliphatic heterocycles. The van der Waals surface area contributed by atoms with E-state index in [0.29, 0.717) is 31.5 Å². The second-order valence-corrected chi connectivity index (χ2v) is 6.99. The number of alkyl halides is 1. The zero-order valence-corrected chi connectivity index (χ0v) is 15.2. The number of aliphatic imine (C=N–C) groups is 2. The molecule has 1 aromatic rings. The summed E-state index contributed by atoms with van der Waals surface area (Å²) in [5.74, 6) is 2.12. The molecule has 1 aromatic carbocycles. The Labute approximate surface area is 154 Å². The fraction of sp³-hybridized carbons (Fsp3) is 0.556. The average Bonchev–Trinajstić information content (AvgIpc) is 2.66. The van der Waals surface area contributed by atoms with E-state index < -0.39 is 0 Å². The van der Waals surface area contributed by atoms with Crippen LogP contribution in [0, 0.1) is 0 Å². The fourth-order valence-electron chi connectivity index (χ4n) is 3.13. The molecule has 0 amide bonds. The van der Waals surface area contributed by atoms with Crippen LogP contribution in [0.1, 0.15) is 30.7 Å². The van der Waals surface area contributed by atoms with Crippen molar-refractivity contribution < 1.29 is 0 Å². The lowest BCUT2D eigenvalue weighted by atomic mass is 9.90. The maximum atomic E-state index is 6.27. The Kier molecular flexibility index (Phi) is 6.67. The molecule has 1 atom stereocenters. The van der Waals surface area contributed by atoms with Gasteiger partial charge < -0.3 is 21.7 Å². The van der Waals surface area contributed by atoms with Gasteiger partial charge in [-0.05, 0) is 62.5 Å². The summed E-state index contributed by atoms with van der Waals surface area (Å²) in [7, 11) is 0. The van der Waals surface area contributed by atoms with Gasteiger partial charge in [0.15, 0.2) is 0 Å². The second kappa shape index (κ2) is 9.17. The Morgan fingerprint density at radius 3 is 2.72 bits per heavy atom. The fourth-order valence-corrected chi connectivity index (χ4v) is 3.32. The van der Waals surface area contributed by atoms with Crippen LogP contribution in [-0.2, 0) is 0 Å². The van der Waals surface area contributed by atoms with Gasteiger partial charge in [-0.2, -0.15) is 0 Å². The predicted octanol–water partition coefficient (Wildman–Crippen LogP) is 1.88. The Hall–Kier alpha value is -1.63. The minimum Gasteiger partial charge on any atom is -0.330 e. The smallest absolute Gasteiger partial charge is 0.201 e. The van der Waals surface area contributed by atoms with Crippen molar-refractivity contribution in [3.63, 3.8) is 0 Å². The van der Waals surface area contributed by atoms with Crippen molar-refractivity contribution in [2.75, 3.05) is 38.0 Å². The van der Waals surface area contributed by atoms with Crippen LogP contribution in [0.15, 0.2) is 34.3 Å². The molecule has 25 heavy (non-hydrogen) atoms. The molecule has 3 rings (SSSR count). The first kappa shape index (κ1) is 18.2. The van der Waals surface area contributed by atoms with Crippen LogP contribution < -0.4 is 21.7 Å². The molecule has 5 N–H and O–H groups in total. The molecule has 2 heterocycles. The van der Waals surface area contributed by atoms with E-state index in [1.807, 2.05) is 0 Å². The van der Waals surface area contributed by atoms with Gasteiger partial charge in [-0.3, -0.25) is 9.98 Å². The maximum absolute atomic E-state index is 6.27. The third-order valence-electron chi connectivity index (χ3n) is 4.58. The van der Waals surface area contributed by atoms with Gasteiger partial charge in [0.05, 0.1) is 6.54 Å². The highest BCUT2D eigenvalue weighted by molar-refractivity contribution is 6.34. The van der Waals surface area contributed by atoms with Gasteiger partial charge in [-0.15, -0.1) is 11.6 Å². The zero-order valence-electron chi connectivity index (χ0n) is 14.5. The van der Waals surface area contributed by atoms with Crippen LogP contribution in [0.25, 0.3) is 0 Å². The molecule has 7 heteroatoms. The van der Waals surface area contributed by atoms with E-state index >= 15 is 0 Å². The van der Waals surface area contributed by atoms with Crippen molar-refractivity contribution in [1.82, 2.24) is 10.6 Å². The van der Waals surface area contributed by atoms with E-state index in [9.17, 15) is 0 Å². The lowest BCUT2D eigenvalue weighted by molar-refractivity contribution is 0.460. The number of piperidine rings is 1. The Morgan fingerprint density at radius 2 is 2.00 bits per heavy atom. The highest BCUT2D eigenvalue weighted by Gasteiger charge is 2.20. The molecule has 0 bridgehead atoms. The summed E-state index contributed by atoms with van der Waals surface area (Å²) in [5.41, 5.74) is 7.94. The molecule has 1 fully saturated rings. The first-order chi connectivity index (χ1) is 12.3. The van der Waals surface area contributed by atoms with E-state index in [2.05, 4.69) is 50.2 Å². The monoisotopic (exact) mass is 362 g/mol. The highest BCUT2D eigenvalue weighted by atomic mass is 35.5. The van der Waals surface area contributed by atoms with Crippen molar-refractivity contribution in [3.8, 4) is 0 Å².